The molecule has 0 aromatic carbocycles. The van der Waals surface area contributed by atoms with Gasteiger partial charge in [-0.2, -0.15) is 12.7 Å². The lowest BCUT2D eigenvalue weighted by Gasteiger charge is -2.10. The Bertz CT molecular complexity index is 578. The van der Waals surface area contributed by atoms with Gasteiger partial charge in [0.05, 0.1) is 12.3 Å². The van der Waals surface area contributed by atoms with Crippen molar-refractivity contribution >= 4 is 32.6 Å². The molecule has 9 heteroatoms. The SMILES string of the molecule is Cc1nc(NS(=O)(=O)N(C)C)sc1C(=O)OCC(C)C. The predicted molar refractivity (Wildman–Crippen MR) is 78.2 cm³/mol. The predicted octanol–water partition coefficient (Wildman–Crippen LogP) is 1.48. The van der Waals surface area contributed by atoms with E-state index in [2.05, 4.69) is 9.71 Å². The molecule has 0 saturated heterocycles. The zero-order valence-corrected chi connectivity index (χ0v) is 13.8. The molecule has 0 radical (unpaired) electrons. The summed E-state index contributed by atoms with van der Waals surface area (Å²) in [6.07, 6.45) is 0. The van der Waals surface area contributed by atoms with Gasteiger partial charge in [-0.25, -0.2) is 14.5 Å². The lowest BCUT2D eigenvalue weighted by molar-refractivity contribution is 0.0463. The summed E-state index contributed by atoms with van der Waals surface area (Å²) in [4.78, 5) is 16.2. The van der Waals surface area contributed by atoms with Crippen LogP contribution < -0.4 is 4.72 Å². The summed E-state index contributed by atoms with van der Waals surface area (Å²) in [6, 6.07) is 0. The van der Waals surface area contributed by atoms with Gasteiger partial charge in [-0.3, -0.25) is 0 Å². The minimum absolute atomic E-state index is 0.146. The van der Waals surface area contributed by atoms with Crippen LogP contribution in [0.2, 0.25) is 0 Å². The minimum atomic E-state index is -3.63. The van der Waals surface area contributed by atoms with Crippen LogP contribution in [0.15, 0.2) is 0 Å². The molecule has 1 rings (SSSR count). The summed E-state index contributed by atoms with van der Waals surface area (Å²) in [5, 5.41) is 0.146. The van der Waals surface area contributed by atoms with Gasteiger partial charge in [0.15, 0.2) is 5.13 Å². The molecule has 0 unspecified atom stereocenters. The first-order chi connectivity index (χ1) is 9.13. The number of nitrogens with one attached hydrogen (secondary N) is 1. The number of aromatic nitrogens is 1. The molecule has 1 heterocycles. The standard InChI is InChI=1S/C11H19N3O4S2/c1-7(2)6-18-10(15)9-8(3)12-11(19-9)13-20(16,17)14(4)5/h7H,6H2,1-5H3,(H,12,13). The van der Waals surface area contributed by atoms with E-state index in [1.807, 2.05) is 13.8 Å². The third-order valence-corrected chi connectivity index (χ3v) is 4.82. The van der Waals surface area contributed by atoms with Crippen molar-refractivity contribution in [1.29, 1.82) is 0 Å². The molecule has 0 amide bonds. The van der Waals surface area contributed by atoms with Crippen molar-refractivity contribution in [3.63, 3.8) is 0 Å². The van der Waals surface area contributed by atoms with Crippen LogP contribution in [0, 0.1) is 12.8 Å². The molecule has 0 aliphatic heterocycles. The number of aryl methyl sites for hydroxylation is 1. The fraction of sp³-hybridized carbons (Fsp3) is 0.636. The number of carbonyl (C=O) groups excluding carboxylic acids is 1. The number of ether oxygens (including phenoxy) is 1. The Morgan fingerprint density at radius 3 is 2.55 bits per heavy atom. The van der Waals surface area contributed by atoms with Gasteiger partial charge < -0.3 is 4.74 Å². The Labute approximate surface area is 123 Å². The van der Waals surface area contributed by atoms with Crippen molar-refractivity contribution in [3.05, 3.63) is 10.6 Å². The van der Waals surface area contributed by atoms with Gasteiger partial charge in [-0.15, -0.1) is 0 Å². The minimum Gasteiger partial charge on any atom is -0.461 e. The van der Waals surface area contributed by atoms with E-state index in [0.29, 0.717) is 17.2 Å². The molecule has 0 atom stereocenters. The number of hydrogen-bond acceptors (Lipinski definition) is 6. The summed E-state index contributed by atoms with van der Waals surface area (Å²) in [6.45, 7) is 5.82. The molecule has 20 heavy (non-hydrogen) atoms. The number of rotatable bonds is 6. The van der Waals surface area contributed by atoms with Crippen LogP contribution in [0.5, 0.6) is 0 Å². The van der Waals surface area contributed by atoms with Crippen LogP contribution in [-0.4, -0.2) is 44.4 Å². The Kier molecular flexibility index (Phi) is 5.49. The highest BCUT2D eigenvalue weighted by atomic mass is 32.2. The second kappa shape index (κ2) is 6.51. The quantitative estimate of drug-likeness (QED) is 0.802. The molecule has 1 aromatic heterocycles. The number of esters is 1. The van der Waals surface area contributed by atoms with Crippen molar-refractivity contribution in [2.75, 3.05) is 25.4 Å². The van der Waals surface area contributed by atoms with Crippen molar-refractivity contribution < 1.29 is 17.9 Å². The van der Waals surface area contributed by atoms with Crippen LogP contribution in [0.25, 0.3) is 0 Å². The average molecular weight is 321 g/mol. The van der Waals surface area contributed by atoms with E-state index in [-0.39, 0.29) is 11.0 Å². The molecule has 1 aromatic rings. The average Bonchev–Trinajstić information content (AvgIpc) is 2.66. The van der Waals surface area contributed by atoms with Crippen molar-refractivity contribution in [2.45, 2.75) is 20.8 Å². The van der Waals surface area contributed by atoms with Crippen LogP contribution in [-0.2, 0) is 14.9 Å². The van der Waals surface area contributed by atoms with Crippen molar-refractivity contribution in [2.24, 2.45) is 5.92 Å². The second-order valence-electron chi connectivity index (χ2n) is 4.82. The summed E-state index contributed by atoms with van der Waals surface area (Å²) in [5.74, 6) is -0.247. The van der Waals surface area contributed by atoms with Crippen LogP contribution in [0.4, 0.5) is 5.13 Å². The zero-order valence-electron chi connectivity index (χ0n) is 12.1. The molecular formula is C11H19N3O4S2. The Hall–Kier alpha value is -1.19. The van der Waals surface area contributed by atoms with E-state index in [9.17, 15) is 13.2 Å². The van der Waals surface area contributed by atoms with E-state index in [1.54, 1.807) is 6.92 Å². The van der Waals surface area contributed by atoms with Gasteiger partial charge in [0, 0.05) is 14.1 Å². The third-order valence-electron chi connectivity index (χ3n) is 2.23. The molecule has 0 bridgehead atoms. The molecule has 0 saturated carbocycles. The highest BCUT2D eigenvalue weighted by molar-refractivity contribution is 7.90. The normalized spacial score (nSPS) is 11.9. The van der Waals surface area contributed by atoms with Crippen molar-refractivity contribution in [3.8, 4) is 0 Å². The highest BCUT2D eigenvalue weighted by Gasteiger charge is 2.21. The topological polar surface area (TPSA) is 88.6 Å². The lowest BCUT2D eigenvalue weighted by Crippen LogP contribution is -2.28. The van der Waals surface area contributed by atoms with Gasteiger partial charge in [-0.05, 0) is 12.8 Å². The van der Waals surface area contributed by atoms with E-state index in [0.717, 1.165) is 15.6 Å². The Morgan fingerprint density at radius 1 is 1.45 bits per heavy atom. The van der Waals surface area contributed by atoms with Gasteiger partial charge in [0.1, 0.15) is 4.88 Å². The summed E-state index contributed by atoms with van der Waals surface area (Å²) < 4.78 is 31.8. The van der Waals surface area contributed by atoms with Crippen molar-refractivity contribution in [1.82, 2.24) is 9.29 Å². The molecule has 0 aliphatic carbocycles. The Morgan fingerprint density at radius 2 is 2.05 bits per heavy atom. The van der Waals surface area contributed by atoms with E-state index >= 15 is 0 Å². The molecule has 114 valence electrons. The molecular weight excluding hydrogens is 302 g/mol. The number of anilines is 1. The van der Waals surface area contributed by atoms with Crippen LogP contribution >= 0.6 is 11.3 Å². The molecule has 0 aliphatic rings. The first kappa shape index (κ1) is 16.9. The highest BCUT2D eigenvalue weighted by Crippen LogP contribution is 2.24. The van der Waals surface area contributed by atoms with Crippen LogP contribution in [0.1, 0.15) is 29.2 Å². The molecule has 0 fully saturated rings. The third kappa shape index (κ3) is 4.43. The lowest BCUT2D eigenvalue weighted by atomic mass is 10.2. The van der Waals surface area contributed by atoms with E-state index < -0.39 is 16.2 Å². The van der Waals surface area contributed by atoms with Gasteiger partial charge in [-0.1, -0.05) is 25.2 Å². The monoisotopic (exact) mass is 321 g/mol. The summed E-state index contributed by atoms with van der Waals surface area (Å²) in [7, 11) is -0.820. The van der Waals surface area contributed by atoms with E-state index in [1.165, 1.54) is 14.1 Å². The summed E-state index contributed by atoms with van der Waals surface area (Å²) >= 11 is 0.961. The van der Waals surface area contributed by atoms with E-state index in [4.69, 9.17) is 4.74 Å². The Balaban J connectivity index is 2.85. The maximum atomic E-state index is 11.8. The molecule has 7 nitrogen and oxygen atoms in total. The molecule has 1 N–H and O–H groups in total. The summed E-state index contributed by atoms with van der Waals surface area (Å²) in [5.41, 5.74) is 0.445. The number of hydrogen-bond donors (Lipinski definition) is 1. The fourth-order valence-electron chi connectivity index (χ4n) is 1.14. The first-order valence-corrected chi connectivity index (χ1v) is 8.24. The van der Waals surface area contributed by atoms with Gasteiger partial charge in [0.25, 0.3) is 0 Å². The number of carbonyl (C=O) groups is 1. The maximum Gasteiger partial charge on any atom is 0.350 e. The van der Waals surface area contributed by atoms with Crippen LogP contribution in [0.3, 0.4) is 0 Å². The number of thiazole rings is 1. The second-order valence-corrected chi connectivity index (χ2v) is 7.70. The van der Waals surface area contributed by atoms with Gasteiger partial charge in [0.2, 0.25) is 0 Å². The van der Waals surface area contributed by atoms with Gasteiger partial charge >= 0.3 is 16.2 Å². The number of nitrogens with zero attached hydrogens (tertiary/aromatic N) is 2. The first-order valence-electron chi connectivity index (χ1n) is 5.98. The fourth-order valence-corrected chi connectivity index (χ4v) is 2.78. The maximum absolute atomic E-state index is 11.8. The molecule has 0 spiro atoms. The zero-order chi connectivity index (χ0) is 15.5. The largest absolute Gasteiger partial charge is 0.461 e. The smallest absolute Gasteiger partial charge is 0.350 e.